The van der Waals surface area contributed by atoms with Gasteiger partial charge in [-0.3, -0.25) is 9.59 Å². The second kappa shape index (κ2) is 8.51. The summed E-state index contributed by atoms with van der Waals surface area (Å²) in [6.45, 7) is 1.81. The van der Waals surface area contributed by atoms with Gasteiger partial charge >= 0.3 is 0 Å². The van der Waals surface area contributed by atoms with Crippen LogP contribution in [0.25, 0.3) is 0 Å². The fourth-order valence-corrected chi connectivity index (χ4v) is 2.41. The lowest BCUT2D eigenvalue weighted by Crippen LogP contribution is -2.33. The molecule has 0 saturated heterocycles. The molecule has 0 bridgehead atoms. The van der Waals surface area contributed by atoms with E-state index in [0.29, 0.717) is 6.07 Å². The molecule has 4 nitrogen and oxygen atoms in total. The first-order valence-electron chi connectivity index (χ1n) is 8.04. The van der Waals surface area contributed by atoms with Crippen molar-refractivity contribution in [2.45, 2.75) is 19.4 Å². The summed E-state index contributed by atoms with van der Waals surface area (Å²) in [6, 6.07) is 8.23. The maximum atomic E-state index is 13.5. The third-order valence-electron chi connectivity index (χ3n) is 4.13. The molecule has 0 aliphatic carbocycles. The molecule has 0 saturated carbocycles. The zero-order chi connectivity index (χ0) is 19.3. The fourth-order valence-electron chi connectivity index (χ4n) is 2.41. The van der Waals surface area contributed by atoms with E-state index in [4.69, 9.17) is 0 Å². The Balaban J connectivity index is 1.87. The van der Waals surface area contributed by atoms with E-state index in [1.165, 1.54) is 17.0 Å². The van der Waals surface area contributed by atoms with Crippen molar-refractivity contribution >= 4 is 11.8 Å². The number of benzene rings is 2. The Labute approximate surface area is 149 Å². The van der Waals surface area contributed by atoms with Crippen molar-refractivity contribution in [3.63, 3.8) is 0 Å². The molecule has 2 aromatic rings. The van der Waals surface area contributed by atoms with Gasteiger partial charge in [0.25, 0.3) is 5.91 Å². The fraction of sp³-hybridized carbons (Fsp3) is 0.263. The number of carbonyl (C=O) groups excluding carboxylic acids is 2. The molecule has 2 amide bonds. The lowest BCUT2D eigenvalue weighted by Gasteiger charge is -2.25. The van der Waals surface area contributed by atoms with Crippen molar-refractivity contribution in [2.75, 3.05) is 13.6 Å². The Bertz CT molecular complexity index is 794. The Kier molecular flexibility index (Phi) is 6.38. The average Bonchev–Trinajstić information content (AvgIpc) is 2.60. The summed E-state index contributed by atoms with van der Waals surface area (Å²) < 4.78 is 39.4. The molecule has 0 heterocycles. The number of halogens is 3. The second-order valence-corrected chi connectivity index (χ2v) is 5.86. The van der Waals surface area contributed by atoms with Crippen molar-refractivity contribution in [2.24, 2.45) is 0 Å². The van der Waals surface area contributed by atoms with E-state index >= 15 is 0 Å². The second-order valence-electron chi connectivity index (χ2n) is 5.86. The molecule has 1 atom stereocenters. The van der Waals surface area contributed by atoms with Crippen LogP contribution in [0, 0.1) is 17.5 Å². The smallest absolute Gasteiger partial charge is 0.254 e. The summed E-state index contributed by atoms with van der Waals surface area (Å²) in [6.07, 6.45) is 0.0105. The normalized spacial score (nSPS) is 11.7. The number of amides is 2. The van der Waals surface area contributed by atoms with Crippen LogP contribution in [0.5, 0.6) is 0 Å². The molecule has 0 aromatic heterocycles. The van der Waals surface area contributed by atoms with Crippen LogP contribution in [-0.2, 0) is 4.79 Å². The highest BCUT2D eigenvalue weighted by atomic mass is 19.1. The van der Waals surface area contributed by atoms with E-state index < -0.39 is 17.5 Å². The van der Waals surface area contributed by atoms with Crippen LogP contribution in [0.2, 0.25) is 0 Å². The molecular weight excluding hydrogens is 345 g/mol. The summed E-state index contributed by atoms with van der Waals surface area (Å²) in [5.41, 5.74) is 0.492. The Morgan fingerprint density at radius 2 is 1.65 bits per heavy atom. The topological polar surface area (TPSA) is 49.4 Å². The standard InChI is InChI=1S/C19H19F3N2O2/c1-12(13-3-5-14(20)6-4-13)24(2)18(25)9-10-23-19(26)16-8-7-15(21)11-17(16)22/h3-8,11-12H,9-10H2,1-2H3,(H,23,26). The van der Waals surface area contributed by atoms with Crippen molar-refractivity contribution < 1.29 is 22.8 Å². The van der Waals surface area contributed by atoms with E-state index in [2.05, 4.69) is 5.32 Å². The van der Waals surface area contributed by atoms with E-state index in [0.717, 1.165) is 17.7 Å². The largest absolute Gasteiger partial charge is 0.351 e. The van der Waals surface area contributed by atoms with Gasteiger partial charge < -0.3 is 10.2 Å². The van der Waals surface area contributed by atoms with E-state index in [9.17, 15) is 22.8 Å². The van der Waals surface area contributed by atoms with Gasteiger partial charge in [0.15, 0.2) is 0 Å². The third kappa shape index (κ3) is 4.84. The minimum Gasteiger partial charge on any atom is -0.351 e. The van der Waals surface area contributed by atoms with Crippen LogP contribution in [0.4, 0.5) is 13.2 Å². The number of nitrogens with zero attached hydrogens (tertiary/aromatic N) is 1. The zero-order valence-corrected chi connectivity index (χ0v) is 14.4. The van der Waals surface area contributed by atoms with E-state index in [1.54, 1.807) is 26.1 Å². The highest BCUT2D eigenvalue weighted by Crippen LogP contribution is 2.19. The SMILES string of the molecule is CC(c1ccc(F)cc1)N(C)C(=O)CCNC(=O)c1ccc(F)cc1F. The molecule has 2 aromatic carbocycles. The van der Waals surface area contributed by atoms with Gasteiger partial charge in [-0.15, -0.1) is 0 Å². The van der Waals surface area contributed by atoms with Crippen LogP contribution in [-0.4, -0.2) is 30.3 Å². The van der Waals surface area contributed by atoms with Crippen molar-refractivity contribution in [3.8, 4) is 0 Å². The van der Waals surface area contributed by atoms with Gasteiger partial charge in [-0.25, -0.2) is 13.2 Å². The number of hydrogen-bond donors (Lipinski definition) is 1. The Morgan fingerprint density at radius 1 is 1.04 bits per heavy atom. The summed E-state index contributed by atoms with van der Waals surface area (Å²) in [5, 5.41) is 2.43. The molecule has 0 aliphatic rings. The van der Waals surface area contributed by atoms with Gasteiger partial charge in [0.2, 0.25) is 5.91 Å². The first kappa shape index (κ1) is 19.5. The summed E-state index contributed by atoms with van der Waals surface area (Å²) in [4.78, 5) is 25.6. The first-order valence-corrected chi connectivity index (χ1v) is 8.04. The lowest BCUT2D eigenvalue weighted by atomic mass is 10.1. The predicted molar refractivity (Wildman–Crippen MR) is 90.9 cm³/mol. The number of carbonyl (C=O) groups is 2. The summed E-state index contributed by atoms with van der Waals surface area (Å²) in [7, 11) is 1.61. The van der Waals surface area contributed by atoms with E-state index in [-0.39, 0.29) is 36.3 Å². The molecule has 2 rings (SSSR count). The third-order valence-corrected chi connectivity index (χ3v) is 4.13. The van der Waals surface area contributed by atoms with Gasteiger partial charge in [-0.2, -0.15) is 0 Å². The molecule has 26 heavy (non-hydrogen) atoms. The number of nitrogens with one attached hydrogen (secondary N) is 1. The zero-order valence-electron chi connectivity index (χ0n) is 14.4. The molecule has 0 radical (unpaired) electrons. The van der Waals surface area contributed by atoms with Gasteiger partial charge in [-0.05, 0) is 36.8 Å². The predicted octanol–water partition coefficient (Wildman–Crippen LogP) is 3.44. The Hall–Kier alpha value is -2.83. The van der Waals surface area contributed by atoms with Gasteiger partial charge in [-0.1, -0.05) is 12.1 Å². The van der Waals surface area contributed by atoms with Gasteiger partial charge in [0.05, 0.1) is 11.6 Å². The van der Waals surface area contributed by atoms with Crippen LogP contribution in [0.15, 0.2) is 42.5 Å². The number of rotatable bonds is 6. The molecule has 7 heteroatoms. The minimum atomic E-state index is -0.962. The van der Waals surface area contributed by atoms with Crippen molar-refractivity contribution in [1.29, 1.82) is 0 Å². The quantitative estimate of drug-likeness (QED) is 0.854. The number of hydrogen-bond acceptors (Lipinski definition) is 2. The summed E-state index contributed by atoms with van der Waals surface area (Å²) >= 11 is 0. The maximum Gasteiger partial charge on any atom is 0.254 e. The minimum absolute atomic E-state index is 0.00889. The Morgan fingerprint density at radius 3 is 2.27 bits per heavy atom. The van der Waals surface area contributed by atoms with Crippen molar-refractivity contribution in [3.05, 3.63) is 71.0 Å². The van der Waals surface area contributed by atoms with Crippen LogP contribution in [0.3, 0.4) is 0 Å². The van der Waals surface area contributed by atoms with Crippen LogP contribution in [0.1, 0.15) is 35.3 Å². The lowest BCUT2D eigenvalue weighted by molar-refractivity contribution is -0.131. The molecule has 1 N–H and O–H groups in total. The molecule has 0 fully saturated rings. The monoisotopic (exact) mass is 364 g/mol. The molecule has 0 aliphatic heterocycles. The van der Waals surface area contributed by atoms with Gasteiger partial charge in [0, 0.05) is 26.1 Å². The highest BCUT2D eigenvalue weighted by Gasteiger charge is 2.18. The highest BCUT2D eigenvalue weighted by molar-refractivity contribution is 5.94. The molecule has 138 valence electrons. The molecule has 0 spiro atoms. The first-order chi connectivity index (χ1) is 12.3. The maximum absolute atomic E-state index is 13.5. The van der Waals surface area contributed by atoms with E-state index in [1.807, 2.05) is 0 Å². The van der Waals surface area contributed by atoms with Crippen LogP contribution < -0.4 is 5.32 Å². The van der Waals surface area contributed by atoms with Gasteiger partial charge in [0.1, 0.15) is 17.5 Å². The summed E-state index contributed by atoms with van der Waals surface area (Å²) in [5.74, 6) is -3.04. The van der Waals surface area contributed by atoms with Crippen molar-refractivity contribution in [1.82, 2.24) is 10.2 Å². The molecular formula is C19H19F3N2O2. The molecule has 1 unspecified atom stereocenters. The average molecular weight is 364 g/mol. The van der Waals surface area contributed by atoms with Crippen LogP contribution >= 0.6 is 0 Å².